The molecule has 9 heteroatoms. The van der Waals surface area contributed by atoms with Gasteiger partial charge in [0.1, 0.15) is 0 Å². The maximum Gasteiger partial charge on any atom is 0.258 e. The van der Waals surface area contributed by atoms with E-state index in [0.717, 1.165) is 53.0 Å². The van der Waals surface area contributed by atoms with E-state index in [9.17, 15) is 9.00 Å². The van der Waals surface area contributed by atoms with Crippen molar-refractivity contribution < 1.29 is 13.7 Å². The smallest absolute Gasteiger partial charge is 0.258 e. The van der Waals surface area contributed by atoms with Gasteiger partial charge in [0.15, 0.2) is 27.6 Å². The fourth-order valence-electron chi connectivity index (χ4n) is 3.59. The number of hydrogen-bond acceptors (Lipinski definition) is 6. The third-order valence-corrected chi connectivity index (χ3v) is 6.15. The minimum Gasteiger partial charge on any atom is -0.490 e. The highest BCUT2D eigenvalue weighted by atomic mass is 32.2. The van der Waals surface area contributed by atoms with Gasteiger partial charge in [-0.1, -0.05) is 6.07 Å². The molecule has 2 aliphatic heterocycles. The Morgan fingerprint density at radius 3 is 2.90 bits per heavy atom. The summed E-state index contributed by atoms with van der Waals surface area (Å²) < 4.78 is 21.9. The number of nitrogens with zero attached hydrogens (tertiary/aromatic N) is 4. The number of benzene rings is 1. The SMILES string of the molecule is CN1CCCCOc2cc(-c3ccc4c(cnn4C4=CC(=O)NS4=O)c3)cnc21. The minimum atomic E-state index is -1.59. The molecule has 8 nitrogen and oxygen atoms in total. The molecular formula is C20H19N5O3S. The van der Waals surface area contributed by atoms with Crippen LogP contribution in [0.1, 0.15) is 12.8 Å². The monoisotopic (exact) mass is 409 g/mol. The number of ether oxygens (including phenoxy) is 1. The Hall–Kier alpha value is -3.20. The summed E-state index contributed by atoms with van der Waals surface area (Å²) in [7, 11) is 0.435. The van der Waals surface area contributed by atoms with Crippen LogP contribution in [0.5, 0.6) is 5.75 Å². The lowest BCUT2D eigenvalue weighted by atomic mass is 10.1. The van der Waals surface area contributed by atoms with Gasteiger partial charge in [-0.2, -0.15) is 5.10 Å². The first-order valence-electron chi connectivity index (χ1n) is 9.37. The number of amides is 1. The van der Waals surface area contributed by atoms with E-state index < -0.39 is 11.0 Å². The average Bonchev–Trinajstić information content (AvgIpc) is 3.27. The molecule has 4 heterocycles. The topological polar surface area (TPSA) is 89.4 Å². The van der Waals surface area contributed by atoms with E-state index in [1.54, 1.807) is 6.20 Å². The van der Waals surface area contributed by atoms with Crippen molar-refractivity contribution in [1.29, 1.82) is 0 Å². The number of hydrogen-bond donors (Lipinski definition) is 1. The standard InChI is InChI=1S/C20H19N5O3S/c1-24-6-2-3-7-28-17-9-14(11-21-20(17)24)13-4-5-16-15(8-13)12-22-25(16)19-10-18(26)23-29(19)27/h4-5,8-12H,2-3,6-7H2,1H3,(H,23,26). The van der Waals surface area contributed by atoms with E-state index in [2.05, 4.69) is 19.7 Å². The molecular weight excluding hydrogens is 390 g/mol. The lowest BCUT2D eigenvalue weighted by Gasteiger charge is -2.24. The zero-order valence-corrected chi connectivity index (χ0v) is 16.6. The third kappa shape index (κ3) is 3.17. The molecule has 0 aliphatic carbocycles. The van der Waals surface area contributed by atoms with Gasteiger partial charge in [-0.15, -0.1) is 0 Å². The predicted molar refractivity (Wildman–Crippen MR) is 112 cm³/mol. The number of carbonyl (C=O) groups excluding carboxylic acids is 1. The van der Waals surface area contributed by atoms with Gasteiger partial charge < -0.3 is 9.64 Å². The fraction of sp³-hybridized carbons (Fsp3) is 0.250. The van der Waals surface area contributed by atoms with Crippen LogP contribution >= 0.6 is 0 Å². The molecule has 2 aliphatic rings. The number of nitrogens with one attached hydrogen (secondary N) is 1. The van der Waals surface area contributed by atoms with Gasteiger partial charge in [0.2, 0.25) is 0 Å². The summed E-state index contributed by atoms with van der Waals surface area (Å²) in [6.07, 6.45) is 6.97. The van der Waals surface area contributed by atoms with Gasteiger partial charge in [0.05, 0.1) is 18.3 Å². The molecule has 1 atom stereocenters. The van der Waals surface area contributed by atoms with Gasteiger partial charge in [-0.25, -0.2) is 13.9 Å². The maximum atomic E-state index is 12.1. The maximum absolute atomic E-state index is 12.1. The number of pyridine rings is 1. The molecule has 0 spiro atoms. The Morgan fingerprint density at radius 2 is 2.07 bits per heavy atom. The molecule has 3 aromatic rings. The quantitative estimate of drug-likeness (QED) is 0.699. The van der Waals surface area contributed by atoms with Crippen LogP contribution in [0.2, 0.25) is 0 Å². The van der Waals surface area contributed by atoms with E-state index in [0.29, 0.717) is 11.6 Å². The van der Waals surface area contributed by atoms with Crippen molar-refractivity contribution in [2.75, 3.05) is 25.1 Å². The molecule has 0 fully saturated rings. The van der Waals surface area contributed by atoms with Gasteiger partial charge in [-0.05, 0) is 36.6 Å². The summed E-state index contributed by atoms with van der Waals surface area (Å²) in [5, 5.41) is 5.53. The molecule has 148 valence electrons. The van der Waals surface area contributed by atoms with Crippen LogP contribution < -0.4 is 14.4 Å². The second-order valence-corrected chi connectivity index (χ2v) is 8.23. The zero-order valence-electron chi connectivity index (χ0n) is 15.8. The van der Waals surface area contributed by atoms with Crippen LogP contribution in [-0.2, 0) is 15.8 Å². The predicted octanol–water partition coefficient (Wildman–Crippen LogP) is 2.30. The molecule has 0 radical (unpaired) electrons. The second-order valence-electron chi connectivity index (χ2n) is 7.07. The van der Waals surface area contributed by atoms with Crippen molar-refractivity contribution in [1.82, 2.24) is 19.5 Å². The Balaban J connectivity index is 1.53. The van der Waals surface area contributed by atoms with Crippen LogP contribution in [0.3, 0.4) is 0 Å². The molecule has 0 saturated heterocycles. The molecule has 0 bridgehead atoms. The molecule has 29 heavy (non-hydrogen) atoms. The van der Waals surface area contributed by atoms with Crippen molar-refractivity contribution >= 4 is 38.6 Å². The van der Waals surface area contributed by atoms with Gasteiger partial charge in [0, 0.05) is 36.8 Å². The average molecular weight is 409 g/mol. The summed E-state index contributed by atoms with van der Waals surface area (Å²) in [6, 6.07) is 7.89. The highest BCUT2D eigenvalue weighted by Gasteiger charge is 2.23. The lowest BCUT2D eigenvalue weighted by Crippen LogP contribution is -2.23. The number of carbonyl (C=O) groups is 1. The lowest BCUT2D eigenvalue weighted by molar-refractivity contribution is -0.114. The van der Waals surface area contributed by atoms with Gasteiger partial charge in [-0.3, -0.25) is 9.52 Å². The van der Waals surface area contributed by atoms with Crippen LogP contribution in [0.15, 0.2) is 42.7 Å². The van der Waals surface area contributed by atoms with E-state index >= 15 is 0 Å². The number of aromatic nitrogens is 3. The van der Waals surface area contributed by atoms with Crippen LogP contribution in [0.4, 0.5) is 5.82 Å². The van der Waals surface area contributed by atoms with Crippen molar-refractivity contribution in [2.24, 2.45) is 0 Å². The van der Waals surface area contributed by atoms with E-state index in [1.807, 2.05) is 37.5 Å². The molecule has 1 aromatic carbocycles. The van der Waals surface area contributed by atoms with Crippen LogP contribution in [0, 0.1) is 0 Å². The molecule has 1 N–H and O–H groups in total. The van der Waals surface area contributed by atoms with E-state index in [4.69, 9.17) is 4.74 Å². The Morgan fingerprint density at radius 1 is 1.17 bits per heavy atom. The summed E-state index contributed by atoms with van der Waals surface area (Å²) >= 11 is 0. The molecule has 1 unspecified atom stereocenters. The molecule has 0 saturated carbocycles. The number of anilines is 1. The van der Waals surface area contributed by atoms with Gasteiger partial charge in [0.25, 0.3) is 5.91 Å². The van der Waals surface area contributed by atoms with E-state index in [1.165, 1.54) is 10.8 Å². The van der Waals surface area contributed by atoms with Crippen molar-refractivity contribution in [2.45, 2.75) is 12.8 Å². The van der Waals surface area contributed by atoms with Gasteiger partial charge >= 0.3 is 0 Å². The number of rotatable bonds is 2. The molecule has 5 rings (SSSR count). The second kappa shape index (κ2) is 7.00. The summed E-state index contributed by atoms with van der Waals surface area (Å²) in [4.78, 5) is 18.2. The highest BCUT2D eigenvalue weighted by molar-refractivity contribution is 7.93. The highest BCUT2D eigenvalue weighted by Crippen LogP contribution is 2.33. The zero-order chi connectivity index (χ0) is 20.0. The first-order valence-corrected chi connectivity index (χ1v) is 10.5. The van der Waals surface area contributed by atoms with Crippen molar-refractivity contribution in [3.05, 3.63) is 42.7 Å². The minimum absolute atomic E-state index is 0.331. The summed E-state index contributed by atoms with van der Waals surface area (Å²) in [5.74, 6) is 1.27. The van der Waals surface area contributed by atoms with Crippen molar-refractivity contribution in [3.63, 3.8) is 0 Å². The van der Waals surface area contributed by atoms with E-state index in [-0.39, 0.29) is 5.91 Å². The first kappa shape index (κ1) is 17.9. The Labute approximate surface area is 169 Å². The molecule has 1 amide bonds. The first-order chi connectivity index (χ1) is 14.1. The third-order valence-electron chi connectivity index (χ3n) is 5.09. The van der Waals surface area contributed by atoms with Crippen LogP contribution in [0.25, 0.3) is 27.1 Å². The molecule has 2 aromatic heterocycles. The number of fused-ring (bicyclic) bond motifs is 2. The normalized spacial score (nSPS) is 19.2. The fourth-order valence-corrected chi connectivity index (χ4v) is 4.46. The Kier molecular flexibility index (Phi) is 4.31. The summed E-state index contributed by atoms with van der Waals surface area (Å²) in [6.45, 7) is 1.65. The van der Waals surface area contributed by atoms with Crippen molar-refractivity contribution in [3.8, 4) is 16.9 Å². The van der Waals surface area contributed by atoms with Crippen LogP contribution in [-0.4, -0.2) is 45.1 Å². The largest absolute Gasteiger partial charge is 0.490 e. The Bertz CT molecular complexity index is 1190. The summed E-state index contributed by atoms with van der Waals surface area (Å²) in [5.41, 5.74) is 2.71.